The highest BCUT2D eigenvalue weighted by Gasteiger charge is 2.30. The SMILES string of the molecule is Cc1ccnc(NC(=O)C2CCN(C(=O)C(C)NC(=O)OC(C)(C)C)CC2)c1. The highest BCUT2D eigenvalue weighted by Crippen LogP contribution is 2.20. The van der Waals surface area contributed by atoms with Crippen LogP contribution in [0.25, 0.3) is 0 Å². The summed E-state index contributed by atoms with van der Waals surface area (Å²) < 4.78 is 5.18. The van der Waals surface area contributed by atoms with Crippen molar-refractivity contribution in [2.75, 3.05) is 18.4 Å². The number of carbonyl (C=O) groups is 3. The zero-order valence-electron chi connectivity index (χ0n) is 17.2. The lowest BCUT2D eigenvalue weighted by Crippen LogP contribution is -2.50. The van der Waals surface area contributed by atoms with Gasteiger partial charge in [0, 0.05) is 25.2 Å². The van der Waals surface area contributed by atoms with Crippen molar-refractivity contribution in [2.45, 2.75) is 59.1 Å². The summed E-state index contributed by atoms with van der Waals surface area (Å²) in [6.07, 6.45) is 2.18. The monoisotopic (exact) mass is 390 g/mol. The molecule has 3 amide bonds. The molecule has 2 N–H and O–H groups in total. The lowest BCUT2D eigenvalue weighted by molar-refractivity contribution is -0.136. The van der Waals surface area contributed by atoms with Gasteiger partial charge in [0.05, 0.1) is 0 Å². The van der Waals surface area contributed by atoms with Gasteiger partial charge in [0.15, 0.2) is 0 Å². The summed E-state index contributed by atoms with van der Waals surface area (Å²) in [5, 5.41) is 5.41. The maximum atomic E-state index is 12.5. The summed E-state index contributed by atoms with van der Waals surface area (Å²) >= 11 is 0. The van der Waals surface area contributed by atoms with E-state index in [9.17, 15) is 14.4 Å². The van der Waals surface area contributed by atoms with Crippen LogP contribution in [0.4, 0.5) is 10.6 Å². The van der Waals surface area contributed by atoms with Crippen LogP contribution in [-0.4, -0.2) is 52.5 Å². The molecule has 1 aromatic rings. The number of hydrogen-bond donors (Lipinski definition) is 2. The molecule has 8 nitrogen and oxygen atoms in total. The Hall–Kier alpha value is -2.64. The highest BCUT2D eigenvalue weighted by molar-refractivity contribution is 5.92. The Kier molecular flexibility index (Phi) is 6.99. The lowest BCUT2D eigenvalue weighted by atomic mass is 9.95. The summed E-state index contributed by atoms with van der Waals surface area (Å²) in [5.41, 5.74) is 0.405. The standard InChI is InChI=1S/C20H30N4O4/c1-13-6-9-21-16(12-13)23-17(25)15-7-10-24(11-8-15)18(26)14(2)22-19(27)28-20(3,4)5/h6,9,12,14-15H,7-8,10-11H2,1-5H3,(H,22,27)(H,21,23,25). The molecule has 2 heterocycles. The van der Waals surface area contributed by atoms with Crippen molar-refractivity contribution in [1.82, 2.24) is 15.2 Å². The molecule has 1 atom stereocenters. The van der Waals surface area contributed by atoms with Gasteiger partial charge in [-0.3, -0.25) is 9.59 Å². The van der Waals surface area contributed by atoms with Crippen LogP contribution < -0.4 is 10.6 Å². The van der Waals surface area contributed by atoms with Crippen molar-refractivity contribution >= 4 is 23.7 Å². The Bertz CT molecular complexity index is 721. The Morgan fingerprint density at radius 3 is 2.46 bits per heavy atom. The highest BCUT2D eigenvalue weighted by atomic mass is 16.6. The minimum atomic E-state index is -0.684. The first-order valence-corrected chi connectivity index (χ1v) is 9.57. The number of carbonyl (C=O) groups excluding carboxylic acids is 3. The van der Waals surface area contributed by atoms with Gasteiger partial charge in [-0.1, -0.05) is 0 Å². The molecule has 2 rings (SSSR count). The van der Waals surface area contributed by atoms with E-state index in [1.807, 2.05) is 19.1 Å². The fraction of sp³-hybridized carbons (Fsp3) is 0.600. The maximum absolute atomic E-state index is 12.5. The van der Waals surface area contributed by atoms with Crippen LogP contribution >= 0.6 is 0 Å². The average molecular weight is 390 g/mol. The van der Waals surface area contributed by atoms with E-state index in [2.05, 4.69) is 15.6 Å². The molecule has 0 saturated carbocycles. The van der Waals surface area contributed by atoms with Gasteiger partial charge in [-0.15, -0.1) is 0 Å². The molecule has 1 fully saturated rings. The minimum Gasteiger partial charge on any atom is -0.444 e. The van der Waals surface area contributed by atoms with Gasteiger partial charge in [0.2, 0.25) is 11.8 Å². The van der Waals surface area contributed by atoms with Crippen LogP contribution in [0.15, 0.2) is 18.3 Å². The molecule has 8 heteroatoms. The van der Waals surface area contributed by atoms with Gasteiger partial charge in [0.25, 0.3) is 0 Å². The molecule has 154 valence electrons. The number of ether oxygens (including phenoxy) is 1. The van der Waals surface area contributed by atoms with Gasteiger partial charge in [-0.25, -0.2) is 9.78 Å². The van der Waals surface area contributed by atoms with Gasteiger partial charge < -0.3 is 20.3 Å². The molecular formula is C20H30N4O4. The van der Waals surface area contributed by atoms with Crippen LogP contribution in [0.5, 0.6) is 0 Å². The first-order valence-electron chi connectivity index (χ1n) is 9.57. The summed E-state index contributed by atoms with van der Waals surface area (Å²) in [6.45, 7) is 9.81. The molecule has 1 saturated heterocycles. The van der Waals surface area contributed by atoms with E-state index >= 15 is 0 Å². The van der Waals surface area contributed by atoms with Gasteiger partial charge in [0.1, 0.15) is 17.5 Å². The van der Waals surface area contributed by atoms with Gasteiger partial charge >= 0.3 is 6.09 Å². The number of anilines is 1. The minimum absolute atomic E-state index is 0.0786. The Balaban J connectivity index is 1.81. The van der Waals surface area contributed by atoms with E-state index < -0.39 is 17.7 Å². The Morgan fingerprint density at radius 1 is 1.25 bits per heavy atom. The number of alkyl carbamates (subject to hydrolysis) is 1. The average Bonchev–Trinajstić information content (AvgIpc) is 2.59. The largest absolute Gasteiger partial charge is 0.444 e. The van der Waals surface area contributed by atoms with Crippen molar-refractivity contribution in [3.05, 3.63) is 23.9 Å². The number of hydrogen-bond acceptors (Lipinski definition) is 5. The molecule has 0 aromatic carbocycles. The zero-order valence-corrected chi connectivity index (χ0v) is 17.2. The quantitative estimate of drug-likeness (QED) is 0.823. The molecule has 0 aliphatic carbocycles. The van der Waals surface area contributed by atoms with Crippen LogP contribution in [0.2, 0.25) is 0 Å². The predicted octanol–water partition coefficient (Wildman–Crippen LogP) is 2.48. The molecule has 1 aliphatic heterocycles. The lowest BCUT2D eigenvalue weighted by Gasteiger charge is -2.33. The molecule has 0 spiro atoms. The normalized spacial score (nSPS) is 16.2. The maximum Gasteiger partial charge on any atom is 0.408 e. The summed E-state index contributed by atoms with van der Waals surface area (Å²) in [7, 11) is 0. The van der Waals surface area contributed by atoms with Crippen LogP contribution in [0.1, 0.15) is 46.1 Å². The number of pyridine rings is 1. The molecule has 0 bridgehead atoms. The van der Waals surface area contributed by atoms with Crippen molar-refractivity contribution < 1.29 is 19.1 Å². The third kappa shape index (κ3) is 6.51. The van der Waals surface area contributed by atoms with Gasteiger partial charge in [-0.05, 0) is 65.2 Å². The van der Waals surface area contributed by atoms with E-state index in [1.54, 1.807) is 38.8 Å². The number of nitrogens with one attached hydrogen (secondary N) is 2. The molecule has 28 heavy (non-hydrogen) atoms. The van der Waals surface area contributed by atoms with E-state index in [-0.39, 0.29) is 17.7 Å². The predicted molar refractivity (Wildman–Crippen MR) is 106 cm³/mol. The first-order chi connectivity index (χ1) is 13.0. The second kappa shape index (κ2) is 9.03. The van der Waals surface area contributed by atoms with Crippen LogP contribution in [0, 0.1) is 12.8 Å². The van der Waals surface area contributed by atoms with Gasteiger partial charge in [-0.2, -0.15) is 0 Å². The summed E-state index contributed by atoms with van der Waals surface area (Å²) in [4.78, 5) is 42.6. The molecule has 0 radical (unpaired) electrons. The van der Waals surface area contributed by atoms with Crippen molar-refractivity contribution in [1.29, 1.82) is 0 Å². The van der Waals surface area contributed by atoms with Crippen LogP contribution in [0.3, 0.4) is 0 Å². The van der Waals surface area contributed by atoms with Crippen molar-refractivity contribution in [3.63, 3.8) is 0 Å². The molecular weight excluding hydrogens is 360 g/mol. The second-order valence-electron chi connectivity index (χ2n) is 8.18. The van der Waals surface area contributed by atoms with E-state index in [1.165, 1.54) is 0 Å². The van der Waals surface area contributed by atoms with Crippen LogP contribution in [-0.2, 0) is 14.3 Å². The summed E-state index contributed by atoms with van der Waals surface area (Å²) in [6, 6.07) is 3.00. The number of aryl methyl sites for hydroxylation is 1. The van der Waals surface area contributed by atoms with Crippen molar-refractivity contribution in [3.8, 4) is 0 Å². The van der Waals surface area contributed by atoms with E-state index in [4.69, 9.17) is 4.74 Å². The smallest absolute Gasteiger partial charge is 0.408 e. The summed E-state index contributed by atoms with van der Waals surface area (Å²) in [5.74, 6) is 0.120. The molecule has 1 aromatic heterocycles. The number of aromatic nitrogens is 1. The number of nitrogens with zero attached hydrogens (tertiary/aromatic N) is 2. The third-order valence-electron chi connectivity index (χ3n) is 4.45. The van der Waals surface area contributed by atoms with Crippen molar-refractivity contribution in [2.24, 2.45) is 5.92 Å². The Morgan fingerprint density at radius 2 is 1.89 bits per heavy atom. The fourth-order valence-electron chi connectivity index (χ4n) is 3.01. The topological polar surface area (TPSA) is 101 Å². The third-order valence-corrected chi connectivity index (χ3v) is 4.45. The second-order valence-corrected chi connectivity index (χ2v) is 8.18. The molecule has 1 aliphatic rings. The number of likely N-dealkylation sites (tertiary alicyclic amines) is 1. The number of rotatable bonds is 4. The fourth-order valence-corrected chi connectivity index (χ4v) is 3.01. The number of piperidine rings is 1. The first kappa shape index (κ1) is 21.7. The van der Waals surface area contributed by atoms with E-state index in [0.29, 0.717) is 31.7 Å². The zero-order chi connectivity index (χ0) is 20.9. The Labute approximate surface area is 166 Å². The number of amides is 3. The molecule has 1 unspecified atom stereocenters. The van der Waals surface area contributed by atoms with E-state index in [0.717, 1.165) is 5.56 Å².